The van der Waals surface area contributed by atoms with Crippen LogP contribution in [0.25, 0.3) is 0 Å². The molecular formula is C20H32N4O2. The Labute approximate surface area is 156 Å². The van der Waals surface area contributed by atoms with Gasteiger partial charge in [-0.2, -0.15) is 5.10 Å². The Morgan fingerprint density at radius 2 is 2.04 bits per heavy atom. The maximum atomic E-state index is 12.6. The molecule has 0 aromatic carbocycles. The molecule has 1 aromatic heterocycles. The van der Waals surface area contributed by atoms with Crippen LogP contribution in [0.1, 0.15) is 57.9 Å². The highest BCUT2D eigenvalue weighted by Crippen LogP contribution is 2.37. The van der Waals surface area contributed by atoms with Crippen LogP contribution in [-0.4, -0.2) is 45.1 Å². The van der Waals surface area contributed by atoms with Gasteiger partial charge >= 0.3 is 0 Å². The molecule has 1 N–H and O–H groups in total. The first-order valence-corrected chi connectivity index (χ1v) is 10.00. The van der Waals surface area contributed by atoms with Crippen LogP contribution >= 0.6 is 0 Å². The maximum absolute atomic E-state index is 12.6. The molecule has 0 bridgehead atoms. The third-order valence-corrected chi connectivity index (χ3v) is 6.05. The first-order chi connectivity index (χ1) is 12.4. The number of piperidine rings is 1. The smallest absolute Gasteiger partial charge is 0.227 e. The number of amides is 2. The van der Waals surface area contributed by atoms with E-state index in [9.17, 15) is 9.59 Å². The normalized spacial score (nSPS) is 20.7. The largest absolute Gasteiger partial charge is 0.350 e. The lowest BCUT2D eigenvalue weighted by Crippen LogP contribution is -2.57. The average molecular weight is 361 g/mol. The molecule has 1 aliphatic heterocycles. The van der Waals surface area contributed by atoms with Gasteiger partial charge < -0.3 is 10.2 Å². The number of hydrogen-bond acceptors (Lipinski definition) is 3. The minimum absolute atomic E-state index is 0.119. The minimum atomic E-state index is -0.139. The molecule has 26 heavy (non-hydrogen) atoms. The highest BCUT2D eigenvalue weighted by Gasteiger charge is 2.40. The summed E-state index contributed by atoms with van der Waals surface area (Å²) in [5.74, 6) is 1.06. The van der Waals surface area contributed by atoms with Crippen LogP contribution in [0.3, 0.4) is 0 Å². The first-order valence-electron chi connectivity index (χ1n) is 10.00. The summed E-state index contributed by atoms with van der Waals surface area (Å²) in [5.41, 5.74) is 0.814. The molecule has 1 unspecified atom stereocenters. The molecule has 1 atom stereocenters. The van der Waals surface area contributed by atoms with Crippen molar-refractivity contribution in [1.82, 2.24) is 20.0 Å². The molecule has 144 valence electrons. The fourth-order valence-corrected chi connectivity index (χ4v) is 4.14. The number of aromatic nitrogens is 2. The summed E-state index contributed by atoms with van der Waals surface area (Å²) in [6, 6.07) is 0. The highest BCUT2D eigenvalue weighted by molar-refractivity contribution is 5.80. The van der Waals surface area contributed by atoms with E-state index in [0.29, 0.717) is 12.3 Å². The standard InChI is InChI=1S/C20H32N4O2/c1-4-7-20(22-19(26)15(2)17-5-6-17)8-10-24(11-9-20)18(25)12-16-13-21-23(3)14-16/h13-15,17H,4-12H2,1-3H3,(H,22,26). The van der Waals surface area contributed by atoms with Crippen molar-refractivity contribution < 1.29 is 9.59 Å². The zero-order valence-corrected chi connectivity index (χ0v) is 16.3. The molecule has 2 aliphatic rings. The monoisotopic (exact) mass is 360 g/mol. The summed E-state index contributed by atoms with van der Waals surface area (Å²) in [7, 11) is 1.86. The van der Waals surface area contributed by atoms with E-state index in [1.165, 1.54) is 12.8 Å². The van der Waals surface area contributed by atoms with Crippen molar-refractivity contribution in [2.24, 2.45) is 18.9 Å². The van der Waals surface area contributed by atoms with E-state index >= 15 is 0 Å². The zero-order valence-electron chi connectivity index (χ0n) is 16.3. The second-order valence-electron chi connectivity index (χ2n) is 8.23. The van der Waals surface area contributed by atoms with Gasteiger partial charge in [-0.15, -0.1) is 0 Å². The Morgan fingerprint density at radius 3 is 2.58 bits per heavy atom. The lowest BCUT2D eigenvalue weighted by Gasteiger charge is -2.43. The Bertz CT molecular complexity index is 642. The molecule has 2 heterocycles. The number of likely N-dealkylation sites (tertiary alicyclic amines) is 1. The van der Waals surface area contributed by atoms with Gasteiger partial charge in [0.05, 0.1) is 12.6 Å². The fraction of sp³-hybridized carbons (Fsp3) is 0.750. The van der Waals surface area contributed by atoms with E-state index in [-0.39, 0.29) is 23.3 Å². The predicted molar refractivity (Wildman–Crippen MR) is 100 cm³/mol. The van der Waals surface area contributed by atoms with Gasteiger partial charge in [-0.05, 0) is 43.6 Å². The molecule has 6 nitrogen and oxygen atoms in total. The molecule has 1 aromatic rings. The van der Waals surface area contributed by atoms with Gasteiger partial charge in [0.25, 0.3) is 0 Å². The van der Waals surface area contributed by atoms with Gasteiger partial charge in [-0.3, -0.25) is 14.3 Å². The molecule has 1 saturated heterocycles. The van der Waals surface area contributed by atoms with Crippen molar-refractivity contribution in [2.75, 3.05) is 13.1 Å². The fourth-order valence-electron chi connectivity index (χ4n) is 4.14. The van der Waals surface area contributed by atoms with Gasteiger partial charge in [0.15, 0.2) is 0 Å². The number of hydrogen-bond donors (Lipinski definition) is 1. The molecule has 1 saturated carbocycles. The van der Waals surface area contributed by atoms with Crippen molar-refractivity contribution in [3.8, 4) is 0 Å². The number of aryl methyl sites for hydroxylation is 1. The van der Waals surface area contributed by atoms with E-state index in [1.807, 2.05) is 18.1 Å². The SMILES string of the molecule is CCCC1(NC(=O)C(C)C2CC2)CCN(C(=O)Cc2cnn(C)c2)CC1. The van der Waals surface area contributed by atoms with E-state index in [2.05, 4.69) is 24.3 Å². The summed E-state index contributed by atoms with van der Waals surface area (Å²) < 4.78 is 1.72. The number of carbonyl (C=O) groups is 2. The lowest BCUT2D eigenvalue weighted by atomic mass is 9.82. The van der Waals surface area contributed by atoms with E-state index in [4.69, 9.17) is 0 Å². The topological polar surface area (TPSA) is 67.2 Å². The van der Waals surface area contributed by atoms with Gasteiger partial charge in [-0.25, -0.2) is 0 Å². The van der Waals surface area contributed by atoms with Crippen LogP contribution in [0, 0.1) is 11.8 Å². The van der Waals surface area contributed by atoms with Gasteiger partial charge in [0, 0.05) is 37.8 Å². The van der Waals surface area contributed by atoms with Crippen molar-refractivity contribution in [3.05, 3.63) is 18.0 Å². The molecule has 0 spiro atoms. The van der Waals surface area contributed by atoms with Crippen LogP contribution in [0.15, 0.2) is 12.4 Å². The maximum Gasteiger partial charge on any atom is 0.227 e. The highest BCUT2D eigenvalue weighted by atomic mass is 16.2. The molecule has 0 radical (unpaired) electrons. The number of nitrogens with zero attached hydrogens (tertiary/aromatic N) is 3. The third-order valence-electron chi connectivity index (χ3n) is 6.05. The van der Waals surface area contributed by atoms with Gasteiger partial charge in [0.1, 0.15) is 0 Å². The number of carbonyl (C=O) groups excluding carboxylic acids is 2. The molecule has 3 rings (SSSR count). The molecule has 1 aliphatic carbocycles. The Morgan fingerprint density at radius 1 is 1.35 bits per heavy atom. The third kappa shape index (κ3) is 4.46. The Balaban J connectivity index is 1.55. The predicted octanol–water partition coefficient (Wildman–Crippen LogP) is 2.29. The second-order valence-corrected chi connectivity index (χ2v) is 8.23. The number of nitrogens with one attached hydrogen (secondary N) is 1. The van der Waals surface area contributed by atoms with Crippen molar-refractivity contribution in [1.29, 1.82) is 0 Å². The van der Waals surface area contributed by atoms with Gasteiger partial charge in [0.2, 0.25) is 11.8 Å². The molecule has 6 heteroatoms. The average Bonchev–Trinajstić information content (AvgIpc) is 3.38. The van der Waals surface area contributed by atoms with E-state index in [0.717, 1.165) is 44.3 Å². The van der Waals surface area contributed by atoms with Crippen LogP contribution in [0.2, 0.25) is 0 Å². The van der Waals surface area contributed by atoms with Crippen LogP contribution in [0.4, 0.5) is 0 Å². The first kappa shape index (κ1) is 18.9. The summed E-state index contributed by atoms with van der Waals surface area (Å²) >= 11 is 0. The minimum Gasteiger partial charge on any atom is -0.350 e. The van der Waals surface area contributed by atoms with Crippen molar-refractivity contribution >= 4 is 11.8 Å². The molecule has 2 amide bonds. The lowest BCUT2D eigenvalue weighted by molar-refractivity contribution is -0.133. The number of rotatable bonds is 7. The summed E-state index contributed by atoms with van der Waals surface area (Å²) in [6.45, 7) is 5.66. The van der Waals surface area contributed by atoms with Crippen molar-refractivity contribution in [3.63, 3.8) is 0 Å². The Hall–Kier alpha value is -1.85. The van der Waals surface area contributed by atoms with Crippen LogP contribution < -0.4 is 5.32 Å². The summed E-state index contributed by atoms with van der Waals surface area (Å²) in [5, 5.41) is 7.51. The van der Waals surface area contributed by atoms with Crippen molar-refractivity contribution in [2.45, 2.75) is 64.3 Å². The van der Waals surface area contributed by atoms with Gasteiger partial charge in [-0.1, -0.05) is 20.3 Å². The van der Waals surface area contributed by atoms with Crippen LogP contribution in [0.5, 0.6) is 0 Å². The van der Waals surface area contributed by atoms with Crippen LogP contribution in [-0.2, 0) is 23.1 Å². The summed E-state index contributed by atoms with van der Waals surface area (Å²) in [4.78, 5) is 27.1. The van der Waals surface area contributed by atoms with E-state index in [1.54, 1.807) is 10.9 Å². The summed E-state index contributed by atoms with van der Waals surface area (Å²) in [6.07, 6.45) is 10.1. The van der Waals surface area contributed by atoms with E-state index < -0.39 is 0 Å². The molecular weight excluding hydrogens is 328 g/mol. The molecule has 2 fully saturated rings. The second kappa shape index (κ2) is 7.80. The Kier molecular flexibility index (Phi) is 5.68. The zero-order chi connectivity index (χ0) is 18.7. The quantitative estimate of drug-likeness (QED) is 0.811.